The summed E-state index contributed by atoms with van der Waals surface area (Å²) in [6, 6.07) is -0.823. The lowest BCUT2D eigenvalue weighted by atomic mass is 10.0. The molecule has 0 spiro atoms. The number of rotatable bonds is 6. The third kappa shape index (κ3) is 3.24. The van der Waals surface area contributed by atoms with E-state index >= 15 is 0 Å². The van der Waals surface area contributed by atoms with Crippen molar-refractivity contribution in [3.63, 3.8) is 0 Å². The highest BCUT2D eigenvalue weighted by Gasteiger charge is 2.42. The molecule has 9 heteroatoms. The molecule has 0 aromatic rings. The summed E-state index contributed by atoms with van der Waals surface area (Å²) < 4.78 is 0. The molecule has 0 aliphatic carbocycles. The van der Waals surface area contributed by atoms with Gasteiger partial charge in [-0.2, -0.15) is 11.8 Å². The number of hydrogen-bond acceptors (Lipinski definition) is 4. The topological polar surface area (TPSA) is 127 Å². The summed E-state index contributed by atoms with van der Waals surface area (Å²) in [7, 11) is 0. The number of hydrogen-bond donors (Lipinski definition) is 3. The summed E-state index contributed by atoms with van der Waals surface area (Å²) in [5.74, 6) is -0.210. The molecule has 2 aliphatic heterocycles. The van der Waals surface area contributed by atoms with Gasteiger partial charge in [0.15, 0.2) is 0 Å². The fraction of sp³-hybridized carbons (Fsp3) is 0.800. The number of nitrogens with zero attached hydrogens (tertiary/aromatic N) is 3. The van der Waals surface area contributed by atoms with E-state index < -0.39 is 12.0 Å². The van der Waals surface area contributed by atoms with E-state index in [-0.39, 0.29) is 18.1 Å². The molecule has 2 rings (SSSR count). The van der Waals surface area contributed by atoms with Crippen LogP contribution in [0, 0.1) is 0 Å². The van der Waals surface area contributed by atoms with Crippen LogP contribution in [0.15, 0.2) is 5.11 Å². The van der Waals surface area contributed by atoms with Gasteiger partial charge in [-0.25, -0.2) is 4.79 Å². The van der Waals surface area contributed by atoms with Gasteiger partial charge < -0.3 is 15.7 Å². The first-order chi connectivity index (χ1) is 9.11. The number of nitrogens with one attached hydrogen (secondary N) is 2. The van der Waals surface area contributed by atoms with Gasteiger partial charge in [0.2, 0.25) is 0 Å². The first-order valence-electron chi connectivity index (χ1n) is 6.07. The Bertz CT molecular complexity index is 423. The predicted octanol–water partition coefficient (Wildman–Crippen LogP) is 1.09. The smallest absolute Gasteiger partial charge is 0.315 e. The van der Waals surface area contributed by atoms with Crippen molar-refractivity contribution >= 4 is 23.8 Å². The summed E-state index contributed by atoms with van der Waals surface area (Å²) >= 11 is 1.78. The van der Waals surface area contributed by atoms with E-state index in [9.17, 15) is 9.59 Å². The average Bonchev–Trinajstić information content (AvgIpc) is 2.88. The minimum atomic E-state index is -1.09. The Kier molecular flexibility index (Phi) is 4.39. The SMILES string of the molecule is [N-]=[N+]=NC(CCC[C@@H]1SCC2NC(=O)N[C@@H]21)C(=O)O. The van der Waals surface area contributed by atoms with Crippen molar-refractivity contribution in [1.29, 1.82) is 0 Å². The zero-order valence-electron chi connectivity index (χ0n) is 10.2. The van der Waals surface area contributed by atoms with Crippen molar-refractivity contribution in [3.8, 4) is 0 Å². The first kappa shape index (κ1) is 13.8. The van der Waals surface area contributed by atoms with Crippen LogP contribution in [0.5, 0.6) is 0 Å². The van der Waals surface area contributed by atoms with E-state index in [4.69, 9.17) is 10.6 Å². The Hall–Kier alpha value is -1.60. The fourth-order valence-corrected chi connectivity index (χ4v) is 3.99. The van der Waals surface area contributed by atoms with Crippen LogP contribution in [0.4, 0.5) is 4.79 Å². The van der Waals surface area contributed by atoms with E-state index in [0.717, 1.165) is 12.2 Å². The van der Waals surface area contributed by atoms with Crippen LogP contribution in [0.1, 0.15) is 19.3 Å². The summed E-state index contributed by atoms with van der Waals surface area (Å²) in [5, 5.41) is 18.1. The minimum absolute atomic E-state index is 0.125. The third-order valence-corrected chi connectivity index (χ3v) is 4.89. The van der Waals surface area contributed by atoms with Crippen LogP contribution < -0.4 is 10.6 Å². The number of urea groups is 1. The second kappa shape index (κ2) is 6.03. The average molecular weight is 285 g/mol. The molecule has 0 bridgehead atoms. The zero-order chi connectivity index (χ0) is 13.8. The molecule has 3 N–H and O–H groups in total. The van der Waals surface area contributed by atoms with Crippen molar-refractivity contribution in [2.24, 2.45) is 5.11 Å². The van der Waals surface area contributed by atoms with Gasteiger partial charge in [-0.1, -0.05) is 11.5 Å². The Morgan fingerprint density at radius 1 is 1.63 bits per heavy atom. The van der Waals surface area contributed by atoms with Crippen molar-refractivity contribution in [2.75, 3.05) is 5.75 Å². The van der Waals surface area contributed by atoms with Gasteiger partial charge in [0.25, 0.3) is 0 Å². The Morgan fingerprint density at radius 3 is 3.11 bits per heavy atom. The van der Waals surface area contributed by atoms with Crippen LogP contribution in [0.25, 0.3) is 10.4 Å². The molecule has 0 radical (unpaired) electrons. The maximum absolute atomic E-state index is 11.2. The number of carbonyl (C=O) groups excluding carboxylic acids is 1. The molecule has 2 aliphatic rings. The van der Waals surface area contributed by atoms with Crippen LogP contribution >= 0.6 is 11.8 Å². The lowest BCUT2D eigenvalue weighted by molar-refractivity contribution is -0.138. The molecule has 8 nitrogen and oxygen atoms in total. The minimum Gasteiger partial charge on any atom is -0.481 e. The maximum atomic E-state index is 11.2. The number of azide groups is 1. The molecular formula is C10H15N5O3S. The molecule has 0 aromatic heterocycles. The second-order valence-electron chi connectivity index (χ2n) is 4.61. The Morgan fingerprint density at radius 2 is 2.42 bits per heavy atom. The molecule has 2 amide bonds. The standard InChI is InChI=1S/C10H15N5O3S/c11-15-14-5(9(16)17)2-1-3-7-8-6(4-19-7)12-10(18)13-8/h5-8H,1-4H2,(H,16,17)(H2,12,13,18)/t5?,6?,7-,8-/m0/s1. The highest BCUT2D eigenvalue weighted by Crippen LogP contribution is 2.33. The van der Waals surface area contributed by atoms with Gasteiger partial charge in [-0.15, -0.1) is 0 Å². The van der Waals surface area contributed by atoms with Crippen molar-refractivity contribution < 1.29 is 14.7 Å². The molecule has 2 fully saturated rings. The summed E-state index contributed by atoms with van der Waals surface area (Å²) in [6.07, 6.45) is 1.79. The number of carboxylic acids is 1. The van der Waals surface area contributed by atoms with E-state index in [0.29, 0.717) is 18.1 Å². The third-order valence-electron chi connectivity index (χ3n) is 3.38. The lowest BCUT2D eigenvalue weighted by Crippen LogP contribution is -2.36. The molecule has 2 saturated heterocycles. The highest BCUT2D eigenvalue weighted by atomic mass is 32.2. The largest absolute Gasteiger partial charge is 0.481 e. The summed E-state index contributed by atoms with van der Waals surface area (Å²) in [4.78, 5) is 24.5. The molecule has 0 aromatic carbocycles. The van der Waals surface area contributed by atoms with E-state index in [1.165, 1.54) is 0 Å². The van der Waals surface area contributed by atoms with Crippen molar-refractivity contribution in [3.05, 3.63) is 10.4 Å². The summed E-state index contributed by atoms with van der Waals surface area (Å²) in [5.41, 5.74) is 8.28. The van der Waals surface area contributed by atoms with Gasteiger partial charge in [-0.05, 0) is 18.4 Å². The summed E-state index contributed by atoms with van der Waals surface area (Å²) in [6.45, 7) is 0. The quantitative estimate of drug-likeness (QED) is 0.292. The number of amides is 2. The van der Waals surface area contributed by atoms with Gasteiger partial charge >= 0.3 is 12.0 Å². The molecular weight excluding hydrogens is 270 g/mol. The first-order valence-corrected chi connectivity index (χ1v) is 7.12. The maximum Gasteiger partial charge on any atom is 0.315 e. The normalized spacial score (nSPS) is 29.9. The van der Waals surface area contributed by atoms with E-state index in [1.807, 2.05) is 0 Å². The van der Waals surface area contributed by atoms with Crippen LogP contribution in [0.2, 0.25) is 0 Å². The Labute approximate surface area is 113 Å². The highest BCUT2D eigenvalue weighted by molar-refractivity contribution is 8.00. The molecule has 2 unspecified atom stereocenters. The molecule has 2 heterocycles. The Balaban J connectivity index is 1.78. The number of thioether (sulfide) groups is 1. The van der Waals surface area contributed by atoms with Gasteiger partial charge in [0.05, 0.1) is 12.1 Å². The molecule has 4 atom stereocenters. The van der Waals surface area contributed by atoms with Gasteiger partial charge in [-0.3, -0.25) is 4.79 Å². The zero-order valence-corrected chi connectivity index (χ0v) is 11.0. The second-order valence-corrected chi connectivity index (χ2v) is 5.88. The lowest BCUT2D eigenvalue weighted by Gasteiger charge is -2.16. The molecule has 0 saturated carbocycles. The molecule has 104 valence electrons. The van der Waals surface area contributed by atoms with E-state index in [2.05, 4.69) is 20.7 Å². The number of carboxylic acid groups (broad SMARTS) is 1. The van der Waals surface area contributed by atoms with E-state index in [1.54, 1.807) is 11.8 Å². The predicted molar refractivity (Wildman–Crippen MR) is 69.9 cm³/mol. The van der Waals surface area contributed by atoms with Crippen molar-refractivity contribution in [1.82, 2.24) is 10.6 Å². The number of fused-ring (bicyclic) bond motifs is 1. The fourth-order valence-electron chi connectivity index (χ4n) is 2.45. The van der Waals surface area contributed by atoms with Gasteiger partial charge in [0, 0.05) is 15.9 Å². The number of carbonyl (C=O) groups is 2. The number of aliphatic carboxylic acids is 1. The van der Waals surface area contributed by atoms with Crippen molar-refractivity contribution in [2.45, 2.75) is 42.6 Å². The molecule has 19 heavy (non-hydrogen) atoms. The monoisotopic (exact) mass is 285 g/mol. The van der Waals surface area contributed by atoms with Crippen LogP contribution in [0.3, 0.4) is 0 Å². The van der Waals surface area contributed by atoms with Crippen LogP contribution in [-0.4, -0.2) is 46.2 Å². The van der Waals surface area contributed by atoms with Crippen LogP contribution in [-0.2, 0) is 4.79 Å². The van der Waals surface area contributed by atoms with Gasteiger partial charge in [0.1, 0.15) is 6.04 Å².